The predicted octanol–water partition coefficient (Wildman–Crippen LogP) is 3.77. The number of amides is 1. The number of ether oxygens (including phenoxy) is 1. The molecule has 4 fully saturated rings. The number of nitriles is 1. The van der Waals surface area contributed by atoms with Gasteiger partial charge in [-0.1, -0.05) is 18.7 Å². The second-order valence-electron chi connectivity index (χ2n) is 13.6. The number of rotatable bonds is 7. The van der Waals surface area contributed by atoms with E-state index in [2.05, 4.69) is 45.5 Å². The van der Waals surface area contributed by atoms with Crippen molar-refractivity contribution in [2.75, 3.05) is 55.7 Å². The molecule has 44 heavy (non-hydrogen) atoms. The number of alkyl halides is 1. The Balaban J connectivity index is 1.12. The number of aromatic nitrogens is 2. The highest BCUT2D eigenvalue weighted by Gasteiger charge is 2.50. The summed E-state index contributed by atoms with van der Waals surface area (Å²) < 4.78 is 20.9. The number of anilines is 2. The lowest BCUT2D eigenvalue weighted by molar-refractivity contribution is -0.128. The van der Waals surface area contributed by atoms with E-state index in [1.807, 2.05) is 0 Å². The first-order valence-corrected chi connectivity index (χ1v) is 16.3. The molecule has 1 aromatic carbocycles. The molecule has 0 radical (unpaired) electrons. The Hall–Kier alpha value is -3.71. The SMILES string of the molecule is C=CC(=O)N1CCN(c2nc(OC[C@@]34CCCN3C[C@H](F)C4)nc3c2CCN(c2cccc4c2[C@@H]2C[C@@H]2C4)C3)C[C@@H]1CC#N. The van der Waals surface area contributed by atoms with Gasteiger partial charge in [0.2, 0.25) is 5.91 Å². The van der Waals surface area contributed by atoms with Crippen LogP contribution in [-0.2, 0) is 24.2 Å². The molecule has 5 heterocycles. The zero-order valence-electron chi connectivity index (χ0n) is 25.3. The largest absolute Gasteiger partial charge is 0.461 e. The zero-order chi connectivity index (χ0) is 30.0. The maximum Gasteiger partial charge on any atom is 0.318 e. The molecule has 1 aromatic heterocycles. The lowest BCUT2D eigenvalue weighted by atomic mass is 9.95. The highest BCUT2D eigenvalue weighted by molar-refractivity contribution is 5.87. The van der Waals surface area contributed by atoms with E-state index < -0.39 is 6.17 Å². The van der Waals surface area contributed by atoms with E-state index in [-0.39, 0.29) is 23.9 Å². The smallest absolute Gasteiger partial charge is 0.318 e. The summed E-state index contributed by atoms with van der Waals surface area (Å²) in [5.74, 6) is 2.22. The molecule has 1 amide bonds. The van der Waals surface area contributed by atoms with E-state index in [0.717, 1.165) is 55.3 Å². The highest BCUT2D eigenvalue weighted by atomic mass is 19.1. The van der Waals surface area contributed by atoms with Gasteiger partial charge in [0.1, 0.15) is 18.6 Å². The monoisotopic (exact) mass is 597 g/mol. The van der Waals surface area contributed by atoms with Crippen LogP contribution in [0.15, 0.2) is 30.9 Å². The summed E-state index contributed by atoms with van der Waals surface area (Å²) in [7, 11) is 0. The fourth-order valence-corrected chi connectivity index (χ4v) is 8.89. The van der Waals surface area contributed by atoms with Crippen molar-refractivity contribution in [3.8, 4) is 12.1 Å². The molecule has 8 rings (SSSR count). The summed E-state index contributed by atoms with van der Waals surface area (Å²) >= 11 is 0. The fourth-order valence-electron chi connectivity index (χ4n) is 8.89. The van der Waals surface area contributed by atoms with Gasteiger partial charge in [0, 0.05) is 50.4 Å². The van der Waals surface area contributed by atoms with Crippen LogP contribution in [0.1, 0.15) is 60.4 Å². The summed E-state index contributed by atoms with van der Waals surface area (Å²) in [6.07, 6.45) is 6.53. The molecule has 1 saturated carbocycles. The van der Waals surface area contributed by atoms with E-state index in [1.54, 1.807) is 4.90 Å². The Kier molecular flexibility index (Phi) is 6.78. The van der Waals surface area contributed by atoms with Crippen molar-refractivity contribution in [1.82, 2.24) is 19.8 Å². The Morgan fingerprint density at radius 1 is 1.20 bits per heavy atom. The Morgan fingerprint density at radius 3 is 2.98 bits per heavy atom. The Labute approximate surface area is 258 Å². The van der Waals surface area contributed by atoms with Crippen LogP contribution in [-0.4, -0.2) is 89.3 Å². The van der Waals surface area contributed by atoms with Crippen LogP contribution >= 0.6 is 0 Å². The van der Waals surface area contributed by atoms with E-state index in [4.69, 9.17) is 14.7 Å². The quantitative estimate of drug-likeness (QED) is 0.446. The number of hydrogen-bond donors (Lipinski definition) is 0. The molecular formula is C34H40FN7O2. The van der Waals surface area contributed by atoms with Crippen LogP contribution in [0.4, 0.5) is 15.9 Å². The molecule has 6 aliphatic rings. The van der Waals surface area contributed by atoms with Gasteiger partial charge in [0.05, 0.1) is 36.3 Å². The van der Waals surface area contributed by atoms with Crippen LogP contribution < -0.4 is 14.5 Å². The second kappa shape index (κ2) is 10.7. The van der Waals surface area contributed by atoms with Crippen molar-refractivity contribution < 1.29 is 13.9 Å². The van der Waals surface area contributed by atoms with Gasteiger partial charge in [-0.3, -0.25) is 9.69 Å². The number of halogens is 1. The lowest BCUT2D eigenvalue weighted by Crippen LogP contribution is -2.55. The molecular weight excluding hydrogens is 557 g/mol. The summed E-state index contributed by atoms with van der Waals surface area (Å²) in [5, 5.41) is 9.56. The first-order chi connectivity index (χ1) is 21.5. The van der Waals surface area contributed by atoms with Crippen molar-refractivity contribution >= 4 is 17.4 Å². The number of carbonyl (C=O) groups excluding carboxylic acids is 1. The van der Waals surface area contributed by atoms with Crippen LogP contribution in [0.5, 0.6) is 6.01 Å². The van der Waals surface area contributed by atoms with E-state index >= 15 is 0 Å². The van der Waals surface area contributed by atoms with Crippen LogP contribution in [0.25, 0.3) is 0 Å². The summed E-state index contributed by atoms with van der Waals surface area (Å²) in [6.45, 7) is 8.59. The molecule has 0 bridgehead atoms. The molecule has 0 spiro atoms. The average molecular weight is 598 g/mol. The number of carbonyl (C=O) groups is 1. The van der Waals surface area contributed by atoms with Crippen molar-refractivity contribution in [3.05, 3.63) is 53.2 Å². The van der Waals surface area contributed by atoms with Crippen LogP contribution in [0.3, 0.4) is 0 Å². The minimum absolute atomic E-state index is 0.148. The van der Waals surface area contributed by atoms with E-state index in [9.17, 15) is 14.4 Å². The van der Waals surface area contributed by atoms with Gasteiger partial charge in [-0.05, 0) is 73.8 Å². The highest BCUT2D eigenvalue weighted by Crippen LogP contribution is 2.59. The average Bonchev–Trinajstić information content (AvgIpc) is 3.36. The maximum atomic E-state index is 14.5. The van der Waals surface area contributed by atoms with Gasteiger partial charge >= 0.3 is 6.01 Å². The Bertz CT molecular complexity index is 1540. The molecule has 0 unspecified atom stereocenters. The summed E-state index contributed by atoms with van der Waals surface area (Å²) in [5.41, 5.74) is 6.18. The lowest BCUT2D eigenvalue weighted by Gasteiger charge is -2.42. The topological polar surface area (TPSA) is 88.8 Å². The van der Waals surface area contributed by atoms with Crippen molar-refractivity contribution in [2.24, 2.45) is 5.92 Å². The minimum Gasteiger partial charge on any atom is -0.461 e. The van der Waals surface area contributed by atoms with Gasteiger partial charge in [0.15, 0.2) is 0 Å². The molecule has 2 aromatic rings. The third kappa shape index (κ3) is 4.63. The maximum absolute atomic E-state index is 14.5. The first kappa shape index (κ1) is 27.8. The summed E-state index contributed by atoms with van der Waals surface area (Å²) in [6, 6.07) is 9.11. The number of piperazine rings is 1. The second-order valence-corrected chi connectivity index (χ2v) is 13.6. The van der Waals surface area contributed by atoms with Gasteiger partial charge < -0.3 is 19.4 Å². The fraction of sp³-hybridized carbons (Fsp3) is 0.588. The zero-order valence-corrected chi connectivity index (χ0v) is 25.3. The van der Waals surface area contributed by atoms with Gasteiger partial charge in [-0.25, -0.2) is 4.39 Å². The number of nitrogens with zero attached hydrogens (tertiary/aromatic N) is 7. The number of fused-ring (bicyclic) bond motifs is 5. The van der Waals surface area contributed by atoms with E-state index in [0.29, 0.717) is 57.7 Å². The van der Waals surface area contributed by atoms with Gasteiger partial charge in [-0.2, -0.15) is 15.2 Å². The third-order valence-electron chi connectivity index (χ3n) is 11.1. The molecule has 9 nitrogen and oxygen atoms in total. The van der Waals surface area contributed by atoms with Crippen LogP contribution in [0, 0.1) is 17.2 Å². The van der Waals surface area contributed by atoms with E-state index in [1.165, 1.54) is 35.7 Å². The van der Waals surface area contributed by atoms with Gasteiger partial charge in [-0.15, -0.1) is 0 Å². The Morgan fingerprint density at radius 2 is 2.11 bits per heavy atom. The first-order valence-electron chi connectivity index (χ1n) is 16.3. The molecule has 230 valence electrons. The standard InChI is InChI=1S/C34H40FN7O2/c1-2-30(43)42-14-13-40(19-25(42)7-10-36)32-26-8-12-39(29-6-3-5-22-15-23-16-27(23)31(22)29)20-28(26)37-33(38-32)44-21-34-9-4-11-41(34)18-24(35)17-34/h2-3,5-6,23-25,27H,1,4,7-9,11-21H2/t23-,24+,25-,27+,34-/m0/s1. The molecule has 2 aliphatic carbocycles. The van der Waals surface area contributed by atoms with Gasteiger partial charge in [0.25, 0.3) is 0 Å². The third-order valence-corrected chi connectivity index (χ3v) is 11.1. The van der Waals surface area contributed by atoms with Crippen molar-refractivity contribution in [3.63, 3.8) is 0 Å². The van der Waals surface area contributed by atoms with Crippen LogP contribution in [0.2, 0.25) is 0 Å². The van der Waals surface area contributed by atoms with Crippen molar-refractivity contribution in [2.45, 2.75) is 75.2 Å². The number of benzene rings is 1. The molecule has 4 aliphatic heterocycles. The normalized spacial score (nSPS) is 30.3. The predicted molar refractivity (Wildman–Crippen MR) is 164 cm³/mol. The molecule has 3 saturated heterocycles. The molecule has 10 heteroatoms. The summed E-state index contributed by atoms with van der Waals surface area (Å²) in [4.78, 5) is 31.3. The minimum atomic E-state index is -0.822. The molecule has 0 N–H and O–H groups in total. The van der Waals surface area contributed by atoms with Crippen molar-refractivity contribution in [1.29, 1.82) is 5.26 Å². The molecule has 5 atom stereocenters. The number of hydrogen-bond acceptors (Lipinski definition) is 8.